The molecule has 0 saturated carbocycles. The number of benzene rings is 1. The first-order valence-corrected chi connectivity index (χ1v) is 6.53. The van der Waals surface area contributed by atoms with Crippen LogP contribution in [0.15, 0.2) is 41.8 Å². The van der Waals surface area contributed by atoms with Crippen molar-refractivity contribution in [1.29, 1.82) is 0 Å². The van der Waals surface area contributed by atoms with Gasteiger partial charge in [-0.15, -0.1) is 11.3 Å². The van der Waals surface area contributed by atoms with Crippen LogP contribution in [0.4, 0.5) is 0 Å². The summed E-state index contributed by atoms with van der Waals surface area (Å²) in [4.78, 5) is 0.866. The molecule has 0 aliphatic carbocycles. The summed E-state index contributed by atoms with van der Waals surface area (Å²) in [6.07, 6.45) is -0.490. The summed E-state index contributed by atoms with van der Waals surface area (Å²) in [5, 5.41) is 12.2. The van der Waals surface area contributed by atoms with Gasteiger partial charge in [-0.25, -0.2) is 0 Å². The molecule has 0 amide bonds. The molecule has 17 heavy (non-hydrogen) atoms. The van der Waals surface area contributed by atoms with Crippen LogP contribution < -0.4 is 4.74 Å². The van der Waals surface area contributed by atoms with Crippen LogP contribution >= 0.6 is 11.3 Å². The fourth-order valence-electron chi connectivity index (χ4n) is 1.65. The molecule has 2 rings (SSSR count). The lowest BCUT2D eigenvalue weighted by atomic mass is 10.1. The third-order valence-corrected chi connectivity index (χ3v) is 3.33. The van der Waals surface area contributed by atoms with E-state index in [0.29, 0.717) is 0 Å². The van der Waals surface area contributed by atoms with Crippen LogP contribution in [0.25, 0.3) is 0 Å². The normalized spacial score (nSPS) is 12.7. The SMILES string of the molecule is CC(C)Oc1ccsc1C(O)c1ccccc1. The Balaban J connectivity index is 2.25. The molecule has 0 aliphatic rings. The lowest BCUT2D eigenvalue weighted by molar-refractivity contribution is 0.202. The Morgan fingerprint density at radius 2 is 1.82 bits per heavy atom. The maximum Gasteiger partial charge on any atom is 0.136 e. The summed E-state index contributed by atoms with van der Waals surface area (Å²) in [5.74, 6) is 0.779. The van der Waals surface area contributed by atoms with E-state index < -0.39 is 6.10 Å². The molecule has 3 heteroatoms. The Bertz CT molecular complexity index is 462. The number of rotatable bonds is 4. The second-order valence-electron chi connectivity index (χ2n) is 4.13. The van der Waals surface area contributed by atoms with Crippen LogP contribution in [0.2, 0.25) is 0 Å². The predicted molar refractivity (Wildman–Crippen MR) is 70.6 cm³/mol. The molecule has 0 aliphatic heterocycles. The largest absolute Gasteiger partial charge is 0.490 e. The van der Waals surface area contributed by atoms with Crippen LogP contribution in [0.3, 0.4) is 0 Å². The van der Waals surface area contributed by atoms with E-state index in [4.69, 9.17) is 4.74 Å². The van der Waals surface area contributed by atoms with E-state index in [1.807, 2.05) is 55.6 Å². The van der Waals surface area contributed by atoms with Crippen molar-refractivity contribution < 1.29 is 9.84 Å². The fraction of sp³-hybridized carbons (Fsp3) is 0.286. The smallest absolute Gasteiger partial charge is 0.136 e. The Hall–Kier alpha value is -1.32. The second kappa shape index (κ2) is 5.34. The van der Waals surface area contributed by atoms with E-state index in [9.17, 15) is 5.11 Å². The second-order valence-corrected chi connectivity index (χ2v) is 5.08. The topological polar surface area (TPSA) is 29.5 Å². The summed E-state index contributed by atoms with van der Waals surface area (Å²) in [6, 6.07) is 11.5. The maximum atomic E-state index is 10.3. The molecule has 1 unspecified atom stereocenters. The van der Waals surface area contributed by atoms with Crippen LogP contribution in [0.1, 0.15) is 30.4 Å². The van der Waals surface area contributed by atoms with E-state index in [-0.39, 0.29) is 6.10 Å². The highest BCUT2D eigenvalue weighted by Crippen LogP contribution is 2.35. The van der Waals surface area contributed by atoms with Gasteiger partial charge in [0.25, 0.3) is 0 Å². The summed E-state index contributed by atoms with van der Waals surface area (Å²) < 4.78 is 5.68. The van der Waals surface area contributed by atoms with E-state index in [1.54, 1.807) is 0 Å². The highest BCUT2D eigenvalue weighted by Gasteiger charge is 2.17. The minimum atomic E-state index is -0.607. The average Bonchev–Trinajstić information content (AvgIpc) is 2.76. The molecular weight excluding hydrogens is 232 g/mol. The third kappa shape index (κ3) is 2.87. The highest BCUT2D eigenvalue weighted by molar-refractivity contribution is 7.10. The molecule has 0 saturated heterocycles. The van der Waals surface area contributed by atoms with Gasteiger partial charge in [-0.1, -0.05) is 30.3 Å². The van der Waals surface area contributed by atoms with Gasteiger partial charge in [0.05, 0.1) is 11.0 Å². The molecule has 2 nitrogen and oxygen atoms in total. The van der Waals surface area contributed by atoms with Crippen LogP contribution in [-0.4, -0.2) is 11.2 Å². The first kappa shape index (κ1) is 12.1. The van der Waals surface area contributed by atoms with E-state index in [2.05, 4.69) is 0 Å². The molecule has 0 radical (unpaired) electrons. The van der Waals surface area contributed by atoms with Gasteiger partial charge < -0.3 is 9.84 Å². The lowest BCUT2D eigenvalue weighted by Crippen LogP contribution is -2.07. The van der Waals surface area contributed by atoms with Crippen LogP contribution in [-0.2, 0) is 0 Å². The van der Waals surface area contributed by atoms with Gasteiger partial charge in [-0.05, 0) is 30.9 Å². The van der Waals surface area contributed by atoms with Gasteiger partial charge in [-0.2, -0.15) is 0 Å². The third-order valence-electron chi connectivity index (χ3n) is 2.38. The minimum Gasteiger partial charge on any atom is -0.490 e. The number of aliphatic hydroxyl groups excluding tert-OH is 1. The molecule has 1 heterocycles. The zero-order valence-corrected chi connectivity index (χ0v) is 10.8. The van der Waals surface area contributed by atoms with Gasteiger partial charge >= 0.3 is 0 Å². The zero-order valence-electron chi connectivity index (χ0n) is 9.96. The summed E-state index contributed by atoms with van der Waals surface area (Å²) >= 11 is 1.52. The quantitative estimate of drug-likeness (QED) is 0.895. The highest BCUT2D eigenvalue weighted by atomic mass is 32.1. The van der Waals surface area contributed by atoms with Crippen molar-refractivity contribution in [1.82, 2.24) is 0 Å². The molecule has 90 valence electrons. The number of aliphatic hydroxyl groups is 1. The maximum absolute atomic E-state index is 10.3. The molecule has 1 aromatic heterocycles. The van der Waals surface area contributed by atoms with Gasteiger partial charge in [0.15, 0.2) is 0 Å². The van der Waals surface area contributed by atoms with Crippen LogP contribution in [0, 0.1) is 0 Å². The Kier molecular flexibility index (Phi) is 3.82. The van der Waals surface area contributed by atoms with Gasteiger partial charge in [-0.3, -0.25) is 0 Å². The molecule has 0 fully saturated rings. The average molecular weight is 248 g/mol. The Labute approximate surface area is 105 Å². The Morgan fingerprint density at radius 3 is 2.47 bits per heavy atom. The molecule has 1 N–H and O–H groups in total. The first-order valence-electron chi connectivity index (χ1n) is 5.65. The van der Waals surface area contributed by atoms with Crippen molar-refractivity contribution in [3.63, 3.8) is 0 Å². The fourth-order valence-corrected chi connectivity index (χ4v) is 2.48. The van der Waals surface area contributed by atoms with Crippen LogP contribution in [0.5, 0.6) is 5.75 Å². The van der Waals surface area contributed by atoms with Gasteiger partial charge in [0.2, 0.25) is 0 Å². The van der Waals surface area contributed by atoms with Gasteiger partial charge in [0.1, 0.15) is 11.9 Å². The minimum absolute atomic E-state index is 0.117. The molecular formula is C14H16O2S. The summed E-state index contributed by atoms with van der Waals surface area (Å²) in [6.45, 7) is 3.96. The number of thiophene rings is 1. The van der Waals surface area contributed by atoms with Crippen molar-refractivity contribution in [3.8, 4) is 5.75 Å². The van der Waals surface area contributed by atoms with Crippen molar-refractivity contribution in [2.45, 2.75) is 26.1 Å². The van der Waals surface area contributed by atoms with E-state index in [0.717, 1.165) is 16.2 Å². The summed E-state index contributed by atoms with van der Waals surface area (Å²) in [7, 11) is 0. The number of ether oxygens (including phenoxy) is 1. The van der Waals surface area contributed by atoms with Crippen molar-refractivity contribution in [2.24, 2.45) is 0 Å². The summed E-state index contributed by atoms with van der Waals surface area (Å²) in [5.41, 5.74) is 0.892. The van der Waals surface area contributed by atoms with Crippen molar-refractivity contribution in [3.05, 3.63) is 52.2 Å². The molecule has 0 bridgehead atoms. The lowest BCUT2D eigenvalue weighted by Gasteiger charge is -2.14. The predicted octanol–water partition coefficient (Wildman–Crippen LogP) is 3.62. The monoisotopic (exact) mass is 248 g/mol. The number of hydrogen-bond acceptors (Lipinski definition) is 3. The van der Waals surface area contributed by atoms with E-state index in [1.165, 1.54) is 11.3 Å². The molecule has 1 aromatic carbocycles. The molecule has 0 spiro atoms. The standard InChI is InChI=1S/C14H16O2S/c1-10(2)16-12-8-9-17-14(12)13(15)11-6-4-3-5-7-11/h3-10,13,15H,1-2H3. The first-order chi connectivity index (χ1) is 8.18. The zero-order chi connectivity index (χ0) is 12.3. The molecule has 1 atom stereocenters. The number of hydrogen-bond donors (Lipinski definition) is 1. The van der Waals surface area contributed by atoms with Gasteiger partial charge in [0, 0.05) is 0 Å². The van der Waals surface area contributed by atoms with E-state index >= 15 is 0 Å². The molecule has 2 aromatic rings. The van der Waals surface area contributed by atoms with Crippen molar-refractivity contribution >= 4 is 11.3 Å². The Morgan fingerprint density at radius 1 is 1.12 bits per heavy atom. The van der Waals surface area contributed by atoms with Crippen molar-refractivity contribution in [2.75, 3.05) is 0 Å².